The predicted octanol–water partition coefficient (Wildman–Crippen LogP) is 3.09. The van der Waals surface area contributed by atoms with Crippen molar-refractivity contribution < 1.29 is 9.47 Å². The molecule has 0 aromatic heterocycles. The summed E-state index contributed by atoms with van der Waals surface area (Å²) in [4.78, 5) is 2.53. The van der Waals surface area contributed by atoms with Gasteiger partial charge in [0.2, 0.25) is 0 Å². The highest BCUT2D eigenvalue weighted by molar-refractivity contribution is 5.85. The van der Waals surface area contributed by atoms with Crippen LogP contribution in [0.25, 0.3) is 0 Å². The van der Waals surface area contributed by atoms with Gasteiger partial charge in [-0.15, -0.1) is 12.4 Å². The summed E-state index contributed by atoms with van der Waals surface area (Å²) in [5, 5.41) is 0. The molecule has 1 unspecified atom stereocenters. The minimum absolute atomic E-state index is 0. The van der Waals surface area contributed by atoms with Crippen molar-refractivity contribution in [1.82, 2.24) is 4.90 Å². The molecule has 5 heteroatoms. The lowest BCUT2D eigenvalue weighted by Gasteiger charge is -2.35. The molecular formula is C17H29ClN2O2. The van der Waals surface area contributed by atoms with Crippen LogP contribution in [0.3, 0.4) is 0 Å². The number of piperidine rings is 1. The van der Waals surface area contributed by atoms with Gasteiger partial charge in [0.25, 0.3) is 0 Å². The van der Waals surface area contributed by atoms with E-state index in [1.165, 1.54) is 25.8 Å². The Kier molecular flexibility index (Phi) is 9.28. The van der Waals surface area contributed by atoms with Gasteiger partial charge in [-0.3, -0.25) is 4.90 Å². The van der Waals surface area contributed by atoms with E-state index in [2.05, 4.69) is 4.90 Å². The van der Waals surface area contributed by atoms with E-state index in [0.717, 1.165) is 31.0 Å². The summed E-state index contributed by atoms with van der Waals surface area (Å²) >= 11 is 0. The first kappa shape index (κ1) is 19.1. The summed E-state index contributed by atoms with van der Waals surface area (Å²) in [6.45, 7) is 6.25. The van der Waals surface area contributed by atoms with Crippen LogP contribution < -0.4 is 15.2 Å². The van der Waals surface area contributed by atoms with E-state index in [-0.39, 0.29) is 12.4 Å². The van der Waals surface area contributed by atoms with Crippen LogP contribution >= 0.6 is 12.4 Å². The van der Waals surface area contributed by atoms with Crippen molar-refractivity contribution >= 4 is 12.4 Å². The average molecular weight is 329 g/mol. The summed E-state index contributed by atoms with van der Waals surface area (Å²) in [5.74, 6) is 1.67. The van der Waals surface area contributed by atoms with Crippen molar-refractivity contribution in [1.29, 1.82) is 0 Å². The number of para-hydroxylation sites is 2. The van der Waals surface area contributed by atoms with Crippen LogP contribution in [-0.2, 0) is 0 Å². The molecular weight excluding hydrogens is 300 g/mol. The monoisotopic (exact) mass is 328 g/mol. The Morgan fingerprint density at radius 1 is 1.18 bits per heavy atom. The predicted molar refractivity (Wildman–Crippen MR) is 93.2 cm³/mol. The minimum Gasteiger partial charge on any atom is -0.490 e. The molecule has 0 amide bonds. The van der Waals surface area contributed by atoms with E-state index in [0.29, 0.717) is 19.3 Å². The molecule has 0 bridgehead atoms. The maximum Gasteiger partial charge on any atom is 0.161 e. The number of hydrogen-bond donors (Lipinski definition) is 1. The van der Waals surface area contributed by atoms with Gasteiger partial charge >= 0.3 is 0 Å². The number of likely N-dealkylation sites (tertiary alicyclic amines) is 1. The van der Waals surface area contributed by atoms with E-state index in [1.807, 2.05) is 31.2 Å². The molecule has 1 aliphatic heterocycles. The molecule has 1 saturated heterocycles. The highest BCUT2D eigenvalue weighted by Crippen LogP contribution is 2.26. The zero-order valence-electron chi connectivity index (χ0n) is 13.5. The highest BCUT2D eigenvalue weighted by atomic mass is 35.5. The Labute approximate surface area is 140 Å². The fourth-order valence-electron chi connectivity index (χ4n) is 2.99. The van der Waals surface area contributed by atoms with Crippen LogP contribution in [0, 0.1) is 0 Å². The third-order valence-corrected chi connectivity index (χ3v) is 4.03. The first-order valence-corrected chi connectivity index (χ1v) is 8.14. The van der Waals surface area contributed by atoms with Crippen molar-refractivity contribution in [3.8, 4) is 11.5 Å². The second-order valence-corrected chi connectivity index (χ2v) is 5.49. The highest BCUT2D eigenvalue weighted by Gasteiger charge is 2.21. The molecule has 1 aliphatic rings. The molecule has 0 spiro atoms. The molecule has 1 aromatic rings. The Hall–Kier alpha value is -0.970. The SMILES string of the molecule is CCOc1ccccc1OCCN1CCCCC1CCN.Cl. The molecule has 1 aromatic carbocycles. The third kappa shape index (κ3) is 5.67. The summed E-state index contributed by atoms with van der Waals surface area (Å²) in [5.41, 5.74) is 5.72. The fourth-order valence-corrected chi connectivity index (χ4v) is 2.99. The first-order chi connectivity index (χ1) is 10.3. The third-order valence-electron chi connectivity index (χ3n) is 4.03. The van der Waals surface area contributed by atoms with Crippen molar-refractivity contribution in [3.05, 3.63) is 24.3 Å². The smallest absolute Gasteiger partial charge is 0.161 e. The Bertz CT molecular complexity index is 415. The molecule has 1 heterocycles. The van der Waals surface area contributed by atoms with Gasteiger partial charge in [-0.25, -0.2) is 0 Å². The first-order valence-electron chi connectivity index (χ1n) is 8.14. The van der Waals surface area contributed by atoms with E-state index in [4.69, 9.17) is 15.2 Å². The zero-order chi connectivity index (χ0) is 14.9. The molecule has 1 fully saturated rings. The van der Waals surface area contributed by atoms with Gasteiger partial charge in [-0.2, -0.15) is 0 Å². The van der Waals surface area contributed by atoms with Gasteiger partial charge in [0.05, 0.1) is 6.61 Å². The molecule has 0 aliphatic carbocycles. The molecule has 0 saturated carbocycles. The lowest BCUT2D eigenvalue weighted by atomic mass is 9.99. The van der Waals surface area contributed by atoms with Crippen molar-refractivity contribution in [2.75, 3.05) is 32.8 Å². The standard InChI is InChI=1S/C17H28N2O2.ClH/c1-2-20-16-8-3-4-9-17(16)21-14-13-19-12-6-5-7-15(19)10-11-18;/h3-4,8-9,15H,2,5-7,10-14,18H2,1H3;1H. The van der Waals surface area contributed by atoms with E-state index in [9.17, 15) is 0 Å². The van der Waals surface area contributed by atoms with Crippen LogP contribution in [0.5, 0.6) is 11.5 Å². The number of nitrogens with two attached hydrogens (primary N) is 1. The summed E-state index contributed by atoms with van der Waals surface area (Å²) < 4.78 is 11.5. The van der Waals surface area contributed by atoms with Gasteiger partial charge in [0.1, 0.15) is 6.61 Å². The molecule has 4 nitrogen and oxygen atoms in total. The number of nitrogens with zero attached hydrogens (tertiary/aromatic N) is 1. The van der Waals surface area contributed by atoms with Crippen LogP contribution in [0.4, 0.5) is 0 Å². The average Bonchev–Trinajstić information content (AvgIpc) is 2.51. The number of halogens is 1. The molecule has 126 valence electrons. The lowest BCUT2D eigenvalue weighted by Crippen LogP contribution is -2.42. The molecule has 2 rings (SSSR count). The summed E-state index contributed by atoms with van der Waals surface area (Å²) in [6.07, 6.45) is 4.98. The van der Waals surface area contributed by atoms with Crippen molar-refractivity contribution in [2.45, 2.75) is 38.6 Å². The minimum atomic E-state index is 0. The molecule has 22 heavy (non-hydrogen) atoms. The summed E-state index contributed by atoms with van der Waals surface area (Å²) in [6, 6.07) is 8.51. The second-order valence-electron chi connectivity index (χ2n) is 5.49. The molecule has 0 radical (unpaired) electrons. The van der Waals surface area contributed by atoms with E-state index in [1.54, 1.807) is 0 Å². The van der Waals surface area contributed by atoms with Gasteiger partial charge in [-0.05, 0) is 51.4 Å². The largest absolute Gasteiger partial charge is 0.490 e. The second kappa shape index (κ2) is 10.7. The van der Waals surface area contributed by atoms with Gasteiger partial charge in [0, 0.05) is 12.6 Å². The number of ether oxygens (including phenoxy) is 2. The normalized spacial score (nSPS) is 18.5. The van der Waals surface area contributed by atoms with Gasteiger partial charge in [0.15, 0.2) is 11.5 Å². The fraction of sp³-hybridized carbons (Fsp3) is 0.647. The Morgan fingerprint density at radius 3 is 2.59 bits per heavy atom. The summed E-state index contributed by atoms with van der Waals surface area (Å²) in [7, 11) is 0. The topological polar surface area (TPSA) is 47.7 Å². The van der Waals surface area contributed by atoms with Crippen LogP contribution in [0.15, 0.2) is 24.3 Å². The maximum atomic E-state index is 5.92. The van der Waals surface area contributed by atoms with Gasteiger partial charge < -0.3 is 15.2 Å². The number of hydrogen-bond acceptors (Lipinski definition) is 4. The quantitative estimate of drug-likeness (QED) is 0.796. The van der Waals surface area contributed by atoms with Gasteiger partial charge in [-0.1, -0.05) is 18.6 Å². The lowest BCUT2D eigenvalue weighted by molar-refractivity contribution is 0.117. The maximum absolute atomic E-state index is 5.92. The van der Waals surface area contributed by atoms with Crippen molar-refractivity contribution in [3.63, 3.8) is 0 Å². The number of rotatable bonds is 8. The van der Waals surface area contributed by atoms with E-state index < -0.39 is 0 Å². The van der Waals surface area contributed by atoms with Crippen LogP contribution in [0.2, 0.25) is 0 Å². The molecule has 2 N–H and O–H groups in total. The van der Waals surface area contributed by atoms with Crippen molar-refractivity contribution in [2.24, 2.45) is 5.73 Å². The Morgan fingerprint density at radius 2 is 1.91 bits per heavy atom. The van der Waals surface area contributed by atoms with Crippen LogP contribution in [0.1, 0.15) is 32.6 Å². The Balaban J connectivity index is 0.00000242. The zero-order valence-corrected chi connectivity index (χ0v) is 14.3. The van der Waals surface area contributed by atoms with Crippen LogP contribution in [-0.4, -0.2) is 43.8 Å². The van der Waals surface area contributed by atoms with E-state index >= 15 is 0 Å². The molecule has 1 atom stereocenters. The number of benzene rings is 1.